The number of carboxylic acids is 1. The van der Waals surface area contributed by atoms with Gasteiger partial charge in [-0.3, -0.25) is 9.59 Å². The van der Waals surface area contributed by atoms with E-state index in [1.165, 1.54) is 0 Å². The number of hydrogen-bond acceptors (Lipinski definition) is 2. The lowest BCUT2D eigenvalue weighted by molar-refractivity contribution is -0.146. The van der Waals surface area contributed by atoms with Crippen LogP contribution in [0, 0.1) is 5.92 Å². The maximum atomic E-state index is 11.2. The molecule has 3 nitrogen and oxygen atoms in total. The van der Waals surface area contributed by atoms with Gasteiger partial charge in [0.05, 0.1) is 0 Å². The number of carbonyl (C=O) groups excluding carboxylic acids is 1. The molecule has 0 rings (SSSR count). The van der Waals surface area contributed by atoms with Crippen molar-refractivity contribution in [2.24, 2.45) is 5.92 Å². The molecule has 0 fully saturated rings. The van der Waals surface area contributed by atoms with Crippen molar-refractivity contribution in [2.45, 2.75) is 46.0 Å². The van der Waals surface area contributed by atoms with E-state index in [2.05, 4.69) is 6.92 Å². The Morgan fingerprint density at radius 3 is 2.23 bits per heavy atom. The first kappa shape index (κ1) is 12.1. The Hall–Kier alpha value is -0.860. The van der Waals surface area contributed by atoms with Crippen molar-refractivity contribution in [3.63, 3.8) is 0 Å². The van der Waals surface area contributed by atoms with Gasteiger partial charge in [-0.05, 0) is 6.42 Å². The van der Waals surface area contributed by atoms with Crippen LogP contribution < -0.4 is 0 Å². The van der Waals surface area contributed by atoms with Gasteiger partial charge < -0.3 is 5.11 Å². The summed E-state index contributed by atoms with van der Waals surface area (Å²) in [6, 6.07) is 0. The van der Waals surface area contributed by atoms with Crippen LogP contribution in [0.25, 0.3) is 0 Å². The quantitative estimate of drug-likeness (QED) is 0.490. The van der Waals surface area contributed by atoms with Crippen molar-refractivity contribution in [3.05, 3.63) is 0 Å². The van der Waals surface area contributed by atoms with Crippen molar-refractivity contribution < 1.29 is 14.7 Å². The van der Waals surface area contributed by atoms with E-state index in [-0.39, 0.29) is 5.78 Å². The zero-order chi connectivity index (χ0) is 10.3. The zero-order valence-corrected chi connectivity index (χ0v) is 8.38. The van der Waals surface area contributed by atoms with Gasteiger partial charge in [-0.25, -0.2) is 0 Å². The highest BCUT2D eigenvalue weighted by molar-refractivity contribution is 5.97. The first-order valence-corrected chi connectivity index (χ1v) is 4.89. The molecule has 0 saturated carbocycles. The van der Waals surface area contributed by atoms with Crippen LogP contribution >= 0.6 is 0 Å². The van der Waals surface area contributed by atoms with Crippen LogP contribution in [0.5, 0.6) is 0 Å². The third kappa shape index (κ3) is 4.65. The van der Waals surface area contributed by atoms with Gasteiger partial charge in [-0.1, -0.05) is 33.1 Å². The van der Waals surface area contributed by atoms with Crippen LogP contribution in [0.15, 0.2) is 0 Å². The number of carboxylic acid groups (broad SMARTS) is 1. The molecule has 0 aromatic heterocycles. The molecule has 0 amide bonds. The van der Waals surface area contributed by atoms with E-state index in [4.69, 9.17) is 5.11 Å². The van der Waals surface area contributed by atoms with Gasteiger partial charge in [0, 0.05) is 6.42 Å². The highest BCUT2D eigenvalue weighted by Gasteiger charge is 2.23. The largest absolute Gasteiger partial charge is 0.481 e. The second kappa shape index (κ2) is 6.63. The van der Waals surface area contributed by atoms with Gasteiger partial charge in [-0.2, -0.15) is 0 Å². The number of hydrogen-bond donors (Lipinski definition) is 1. The first-order valence-electron chi connectivity index (χ1n) is 4.89. The van der Waals surface area contributed by atoms with Crippen LogP contribution in [0.1, 0.15) is 46.0 Å². The second-order valence-electron chi connectivity index (χ2n) is 3.21. The predicted molar refractivity (Wildman–Crippen MR) is 50.6 cm³/mol. The molecule has 13 heavy (non-hydrogen) atoms. The van der Waals surface area contributed by atoms with Crippen LogP contribution in [-0.2, 0) is 9.59 Å². The Labute approximate surface area is 79.1 Å². The minimum atomic E-state index is -0.969. The van der Waals surface area contributed by atoms with E-state index >= 15 is 0 Å². The fraction of sp³-hybridized carbons (Fsp3) is 0.800. The zero-order valence-electron chi connectivity index (χ0n) is 8.38. The molecule has 3 heteroatoms. The topological polar surface area (TPSA) is 54.4 Å². The van der Waals surface area contributed by atoms with E-state index in [9.17, 15) is 9.59 Å². The Kier molecular flexibility index (Phi) is 6.20. The molecule has 1 unspecified atom stereocenters. The molecule has 0 heterocycles. The summed E-state index contributed by atoms with van der Waals surface area (Å²) in [4.78, 5) is 21.8. The summed E-state index contributed by atoms with van der Waals surface area (Å²) in [7, 11) is 0. The number of aliphatic carboxylic acids is 1. The van der Waals surface area contributed by atoms with E-state index in [0.717, 1.165) is 19.3 Å². The van der Waals surface area contributed by atoms with E-state index in [0.29, 0.717) is 12.8 Å². The summed E-state index contributed by atoms with van der Waals surface area (Å²) >= 11 is 0. The monoisotopic (exact) mass is 186 g/mol. The first-order chi connectivity index (χ1) is 6.13. The van der Waals surface area contributed by atoms with Gasteiger partial charge >= 0.3 is 5.97 Å². The van der Waals surface area contributed by atoms with Crippen LogP contribution in [0.2, 0.25) is 0 Å². The Morgan fingerprint density at radius 1 is 1.23 bits per heavy atom. The number of carbonyl (C=O) groups is 2. The van der Waals surface area contributed by atoms with Crippen LogP contribution in [-0.4, -0.2) is 16.9 Å². The van der Waals surface area contributed by atoms with Crippen molar-refractivity contribution in [1.29, 1.82) is 0 Å². The van der Waals surface area contributed by atoms with E-state index < -0.39 is 11.9 Å². The lowest BCUT2D eigenvalue weighted by atomic mass is 9.95. The highest BCUT2D eigenvalue weighted by atomic mass is 16.4. The maximum absolute atomic E-state index is 11.2. The molecular weight excluding hydrogens is 168 g/mol. The predicted octanol–water partition coefficient (Wildman–Crippen LogP) is 2.25. The lowest BCUT2D eigenvalue weighted by Crippen LogP contribution is -2.22. The molecule has 0 aliphatic carbocycles. The van der Waals surface area contributed by atoms with Crippen LogP contribution in [0.3, 0.4) is 0 Å². The fourth-order valence-corrected chi connectivity index (χ4v) is 1.27. The summed E-state index contributed by atoms with van der Waals surface area (Å²) < 4.78 is 0. The molecule has 0 bridgehead atoms. The molecule has 1 atom stereocenters. The molecule has 0 aliphatic heterocycles. The van der Waals surface area contributed by atoms with Crippen molar-refractivity contribution >= 4 is 11.8 Å². The molecule has 1 N–H and O–H groups in total. The summed E-state index contributed by atoms with van der Waals surface area (Å²) in [5, 5.41) is 8.75. The molecule has 76 valence electrons. The molecular formula is C10H18O3. The number of unbranched alkanes of at least 4 members (excludes halogenated alkanes) is 2. The molecule has 0 aromatic rings. The molecule has 0 aliphatic rings. The summed E-state index contributed by atoms with van der Waals surface area (Å²) in [5.74, 6) is -1.89. The average molecular weight is 186 g/mol. The van der Waals surface area contributed by atoms with E-state index in [1.54, 1.807) is 6.92 Å². The fourth-order valence-electron chi connectivity index (χ4n) is 1.27. The smallest absolute Gasteiger partial charge is 0.314 e. The second-order valence-corrected chi connectivity index (χ2v) is 3.21. The number of ketones is 1. The SMILES string of the molecule is CCCCCC(C(=O)O)C(=O)CC. The molecule has 0 saturated heterocycles. The number of rotatable bonds is 7. The Morgan fingerprint density at radius 2 is 1.85 bits per heavy atom. The third-order valence-electron chi connectivity index (χ3n) is 2.13. The summed E-state index contributed by atoms with van der Waals surface area (Å²) in [5.41, 5.74) is 0. The standard InChI is InChI=1S/C10H18O3/c1-3-5-6-7-8(10(12)13)9(11)4-2/h8H,3-7H2,1-2H3,(H,12,13). The molecule has 0 aromatic carbocycles. The summed E-state index contributed by atoms with van der Waals surface area (Å²) in [6.07, 6.45) is 3.70. The van der Waals surface area contributed by atoms with Crippen molar-refractivity contribution in [3.8, 4) is 0 Å². The number of Topliss-reactive ketones (excluding diaryl/α,β-unsaturated/α-hetero) is 1. The van der Waals surface area contributed by atoms with E-state index in [1.807, 2.05) is 0 Å². The van der Waals surface area contributed by atoms with Crippen molar-refractivity contribution in [2.75, 3.05) is 0 Å². The lowest BCUT2D eigenvalue weighted by Gasteiger charge is -2.08. The summed E-state index contributed by atoms with van der Waals surface area (Å²) in [6.45, 7) is 3.76. The van der Waals surface area contributed by atoms with Gasteiger partial charge in [0.25, 0.3) is 0 Å². The Bertz CT molecular complexity index is 175. The van der Waals surface area contributed by atoms with Gasteiger partial charge in [0.2, 0.25) is 0 Å². The van der Waals surface area contributed by atoms with Crippen molar-refractivity contribution in [1.82, 2.24) is 0 Å². The molecule has 0 radical (unpaired) electrons. The Balaban J connectivity index is 3.95. The minimum absolute atomic E-state index is 0.149. The van der Waals surface area contributed by atoms with Gasteiger partial charge in [0.1, 0.15) is 11.7 Å². The highest BCUT2D eigenvalue weighted by Crippen LogP contribution is 2.12. The average Bonchev–Trinajstić information content (AvgIpc) is 2.11. The third-order valence-corrected chi connectivity index (χ3v) is 2.13. The normalized spacial score (nSPS) is 12.5. The molecule has 0 spiro atoms. The van der Waals surface area contributed by atoms with Crippen LogP contribution in [0.4, 0.5) is 0 Å². The van der Waals surface area contributed by atoms with Gasteiger partial charge in [-0.15, -0.1) is 0 Å². The van der Waals surface area contributed by atoms with Gasteiger partial charge in [0.15, 0.2) is 0 Å². The minimum Gasteiger partial charge on any atom is -0.481 e. The maximum Gasteiger partial charge on any atom is 0.314 e.